The number of amides is 1. The zero-order valence-corrected chi connectivity index (χ0v) is 13.3. The Morgan fingerprint density at radius 2 is 1.95 bits per heavy atom. The van der Waals surface area contributed by atoms with Crippen LogP contribution in [0.1, 0.15) is 21.5 Å². The molecule has 0 aliphatic heterocycles. The molecule has 0 aliphatic rings. The van der Waals surface area contributed by atoms with E-state index in [1.54, 1.807) is 30.1 Å². The molecule has 0 bridgehead atoms. The van der Waals surface area contributed by atoms with Crippen molar-refractivity contribution in [1.82, 2.24) is 0 Å². The van der Waals surface area contributed by atoms with Gasteiger partial charge in [-0.25, -0.2) is 0 Å². The molecule has 2 aromatic rings. The number of carbonyl (C=O) groups excluding carboxylic acids is 1. The quantitative estimate of drug-likeness (QED) is 0.880. The number of hydrogen-bond donors (Lipinski definition) is 1. The second-order valence-corrected chi connectivity index (χ2v) is 5.61. The Hall–Kier alpha value is -1.91. The molecule has 0 unspecified atom stereocenters. The van der Waals surface area contributed by atoms with Gasteiger partial charge >= 0.3 is 0 Å². The molecule has 2 rings (SSSR count). The standard InChI is InChI=1S/C16H15ClN2OS/c1-10-6-7-12(17)9-14(10)16(20)19(2)13-5-3-4-11(8-13)15(18)21/h3-9H,1-2H3,(H2,18,21). The van der Waals surface area contributed by atoms with Crippen LogP contribution in [-0.2, 0) is 0 Å². The lowest BCUT2D eigenvalue weighted by Crippen LogP contribution is -2.27. The van der Waals surface area contributed by atoms with Gasteiger partial charge < -0.3 is 10.6 Å². The largest absolute Gasteiger partial charge is 0.389 e. The molecular weight excluding hydrogens is 304 g/mol. The number of carbonyl (C=O) groups is 1. The molecule has 3 nitrogen and oxygen atoms in total. The van der Waals surface area contributed by atoms with Gasteiger partial charge in [0.1, 0.15) is 4.99 Å². The number of thiocarbonyl (C=S) groups is 1. The Morgan fingerprint density at radius 3 is 2.62 bits per heavy atom. The highest BCUT2D eigenvalue weighted by Gasteiger charge is 2.16. The summed E-state index contributed by atoms with van der Waals surface area (Å²) in [6.45, 7) is 1.88. The van der Waals surface area contributed by atoms with E-state index in [1.165, 1.54) is 0 Å². The summed E-state index contributed by atoms with van der Waals surface area (Å²) in [6.07, 6.45) is 0. The van der Waals surface area contributed by atoms with E-state index in [0.717, 1.165) is 16.8 Å². The molecule has 21 heavy (non-hydrogen) atoms. The molecule has 0 radical (unpaired) electrons. The number of anilines is 1. The Bertz CT molecular complexity index is 715. The van der Waals surface area contributed by atoms with Crippen LogP contribution < -0.4 is 10.6 Å². The second kappa shape index (κ2) is 6.24. The number of halogens is 1. The summed E-state index contributed by atoms with van der Waals surface area (Å²) in [7, 11) is 1.71. The van der Waals surface area contributed by atoms with E-state index >= 15 is 0 Å². The van der Waals surface area contributed by atoms with Gasteiger partial charge in [0.05, 0.1) is 0 Å². The minimum atomic E-state index is -0.130. The van der Waals surface area contributed by atoms with Crippen LogP contribution in [0.4, 0.5) is 5.69 Å². The molecule has 0 heterocycles. The molecule has 2 N–H and O–H groups in total. The maximum Gasteiger partial charge on any atom is 0.258 e. The summed E-state index contributed by atoms with van der Waals surface area (Å²) in [5.74, 6) is -0.130. The van der Waals surface area contributed by atoms with Crippen LogP contribution in [0, 0.1) is 6.92 Å². The van der Waals surface area contributed by atoms with Crippen molar-refractivity contribution in [1.29, 1.82) is 0 Å². The first-order chi connectivity index (χ1) is 9.90. The molecule has 0 saturated heterocycles. The molecule has 0 aliphatic carbocycles. The fourth-order valence-corrected chi connectivity index (χ4v) is 2.29. The smallest absolute Gasteiger partial charge is 0.258 e. The van der Waals surface area contributed by atoms with Gasteiger partial charge in [0.15, 0.2) is 0 Å². The van der Waals surface area contributed by atoms with Gasteiger partial charge in [-0.3, -0.25) is 4.79 Å². The lowest BCUT2D eigenvalue weighted by Gasteiger charge is -2.19. The third kappa shape index (κ3) is 3.40. The molecule has 0 fully saturated rings. The monoisotopic (exact) mass is 318 g/mol. The van der Waals surface area contributed by atoms with Crippen LogP contribution in [0.5, 0.6) is 0 Å². The first kappa shape index (κ1) is 15.5. The molecule has 0 spiro atoms. The number of aryl methyl sites for hydroxylation is 1. The van der Waals surface area contributed by atoms with Crippen molar-refractivity contribution in [2.24, 2.45) is 5.73 Å². The fourth-order valence-electron chi connectivity index (χ4n) is 1.99. The summed E-state index contributed by atoms with van der Waals surface area (Å²) < 4.78 is 0. The molecule has 0 saturated carbocycles. The van der Waals surface area contributed by atoms with Crippen LogP contribution >= 0.6 is 23.8 Å². The number of hydrogen-bond acceptors (Lipinski definition) is 2. The van der Waals surface area contributed by atoms with Crippen molar-refractivity contribution < 1.29 is 4.79 Å². The molecule has 0 atom stereocenters. The van der Waals surface area contributed by atoms with Gasteiger partial charge in [0.25, 0.3) is 5.91 Å². The molecule has 5 heteroatoms. The Labute approximate surface area is 134 Å². The molecule has 2 aromatic carbocycles. The van der Waals surface area contributed by atoms with Gasteiger partial charge in [-0.2, -0.15) is 0 Å². The van der Waals surface area contributed by atoms with E-state index in [2.05, 4.69) is 0 Å². The fraction of sp³-hybridized carbons (Fsp3) is 0.125. The van der Waals surface area contributed by atoms with Crippen molar-refractivity contribution in [2.75, 3.05) is 11.9 Å². The molecular formula is C16H15ClN2OS. The summed E-state index contributed by atoms with van der Waals surface area (Å²) in [4.78, 5) is 14.5. The third-order valence-corrected chi connectivity index (χ3v) is 3.72. The van der Waals surface area contributed by atoms with E-state index in [0.29, 0.717) is 15.6 Å². The van der Waals surface area contributed by atoms with E-state index in [1.807, 2.05) is 31.2 Å². The first-order valence-electron chi connectivity index (χ1n) is 6.34. The zero-order valence-electron chi connectivity index (χ0n) is 11.8. The Kier molecular flexibility index (Phi) is 4.60. The summed E-state index contributed by atoms with van der Waals surface area (Å²) in [6, 6.07) is 12.5. The van der Waals surface area contributed by atoms with Crippen LogP contribution in [0.3, 0.4) is 0 Å². The summed E-state index contributed by atoms with van der Waals surface area (Å²) in [5, 5.41) is 0.536. The van der Waals surface area contributed by atoms with Gasteiger partial charge in [0, 0.05) is 28.9 Å². The summed E-state index contributed by atoms with van der Waals surface area (Å²) >= 11 is 10.9. The van der Waals surface area contributed by atoms with Gasteiger partial charge in [0.2, 0.25) is 0 Å². The minimum absolute atomic E-state index is 0.130. The number of nitrogens with zero attached hydrogens (tertiary/aromatic N) is 1. The van der Waals surface area contributed by atoms with Crippen molar-refractivity contribution in [3.8, 4) is 0 Å². The summed E-state index contributed by atoms with van der Waals surface area (Å²) in [5.41, 5.74) is 8.53. The first-order valence-corrected chi connectivity index (χ1v) is 7.13. The molecule has 0 aromatic heterocycles. The zero-order chi connectivity index (χ0) is 15.6. The maximum absolute atomic E-state index is 12.6. The predicted octanol–water partition coefficient (Wildman–Crippen LogP) is 3.56. The third-order valence-electron chi connectivity index (χ3n) is 3.25. The predicted molar refractivity (Wildman–Crippen MR) is 91.3 cm³/mol. The van der Waals surface area contributed by atoms with Gasteiger partial charge in [-0.15, -0.1) is 0 Å². The lowest BCUT2D eigenvalue weighted by molar-refractivity contribution is 0.0992. The van der Waals surface area contributed by atoms with Crippen molar-refractivity contribution in [2.45, 2.75) is 6.92 Å². The average molecular weight is 319 g/mol. The Balaban J connectivity index is 2.37. The number of benzene rings is 2. The van der Waals surface area contributed by atoms with Crippen LogP contribution in [0.25, 0.3) is 0 Å². The minimum Gasteiger partial charge on any atom is -0.389 e. The normalized spacial score (nSPS) is 10.2. The molecule has 1 amide bonds. The van der Waals surface area contributed by atoms with E-state index in [-0.39, 0.29) is 5.91 Å². The van der Waals surface area contributed by atoms with Crippen molar-refractivity contribution in [3.63, 3.8) is 0 Å². The van der Waals surface area contributed by atoms with Crippen molar-refractivity contribution >= 4 is 40.4 Å². The Morgan fingerprint density at radius 1 is 1.24 bits per heavy atom. The van der Waals surface area contributed by atoms with E-state index < -0.39 is 0 Å². The maximum atomic E-state index is 12.6. The highest BCUT2D eigenvalue weighted by molar-refractivity contribution is 7.80. The number of nitrogens with two attached hydrogens (primary N) is 1. The highest BCUT2D eigenvalue weighted by Crippen LogP contribution is 2.21. The number of rotatable bonds is 3. The van der Waals surface area contributed by atoms with Gasteiger partial charge in [-0.1, -0.05) is 42.0 Å². The second-order valence-electron chi connectivity index (χ2n) is 4.74. The van der Waals surface area contributed by atoms with E-state index in [4.69, 9.17) is 29.6 Å². The van der Waals surface area contributed by atoms with Crippen LogP contribution in [0.2, 0.25) is 5.02 Å². The van der Waals surface area contributed by atoms with Crippen LogP contribution in [0.15, 0.2) is 42.5 Å². The molecule has 108 valence electrons. The average Bonchev–Trinajstić information content (AvgIpc) is 2.48. The van der Waals surface area contributed by atoms with Crippen LogP contribution in [-0.4, -0.2) is 17.9 Å². The SMILES string of the molecule is Cc1ccc(Cl)cc1C(=O)N(C)c1cccc(C(N)=S)c1. The van der Waals surface area contributed by atoms with E-state index in [9.17, 15) is 4.79 Å². The topological polar surface area (TPSA) is 46.3 Å². The van der Waals surface area contributed by atoms with Crippen molar-refractivity contribution in [3.05, 3.63) is 64.2 Å². The van der Waals surface area contributed by atoms with Gasteiger partial charge in [-0.05, 0) is 36.8 Å². The lowest BCUT2D eigenvalue weighted by atomic mass is 10.1. The highest BCUT2D eigenvalue weighted by atomic mass is 35.5.